The van der Waals surface area contributed by atoms with E-state index >= 15 is 4.39 Å². The van der Waals surface area contributed by atoms with Crippen molar-refractivity contribution in [2.75, 3.05) is 0 Å². The van der Waals surface area contributed by atoms with Crippen LogP contribution in [-0.2, 0) is 0 Å². The van der Waals surface area contributed by atoms with Gasteiger partial charge in [0.25, 0.3) is 0 Å². The molecule has 0 aliphatic heterocycles. The molecule has 0 saturated heterocycles. The molecule has 0 amide bonds. The van der Waals surface area contributed by atoms with Crippen molar-refractivity contribution < 1.29 is 4.39 Å². The zero-order valence-electron chi connectivity index (χ0n) is 21.1. The fraction of sp³-hybridized carbons (Fsp3) is 0. The maximum Gasteiger partial charge on any atom is 0.183 e. The third kappa shape index (κ3) is 3.64. The predicted octanol–water partition coefficient (Wildman–Crippen LogP) is 7.32. The molecule has 0 atom stereocenters. The van der Waals surface area contributed by atoms with Crippen molar-refractivity contribution in [1.82, 2.24) is 0 Å². The molecule has 0 aliphatic rings. The summed E-state index contributed by atoms with van der Waals surface area (Å²) in [4.78, 5) is 0. The molecule has 0 aliphatic carbocycles. The summed E-state index contributed by atoms with van der Waals surface area (Å²) in [6, 6.07) is 50.3. The molecule has 0 spiro atoms. The van der Waals surface area contributed by atoms with Gasteiger partial charge in [-0.05, 0) is 59.1 Å². The number of hydrogen-bond acceptors (Lipinski definition) is 0. The van der Waals surface area contributed by atoms with Crippen molar-refractivity contribution in [2.24, 2.45) is 0 Å². The van der Waals surface area contributed by atoms with Gasteiger partial charge in [0.05, 0.1) is 5.02 Å². The van der Waals surface area contributed by atoms with Crippen LogP contribution in [-0.4, -0.2) is 8.07 Å². The van der Waals surface area contributed by atoms with E-state index in [0.29, 0.717) is 0 Å². The third-order valence-electron chi connectivity index (χ3n) is 7.94. The van der Waals surface area contributed by atoms with Crippen molar-refractivity contribution >= 4 is 72.7 Å². The first kappa shape index (κ1) is 23.8. The lowest BCUT2D eigenvalue weighted by molar-refractivity contribution is 0.629. The highest BCUT2D eigenvalue weighted by Gasteiger charge is 2.46. The second-order valence-corrected chi connectivity index (χ2v) is 14.0. The van der Waals surface area contributed by atoms with Crippen LogP contribution in [0.25, 0.3) is 32.3 Å². The van der Waals surface area contributed by atoms with Gasteiger partial charge < -0.3 is 0 Å². The molecule has 0 nitrogen and oxygen atoms in total. The van der Waals surface area contributed by atoms with E-state index < -0.39 is 13.9 Å². The quantitative estimate of drug-likeness (QED) is 0.163. The fourth-order valence-electron chi connectivity index (χ4n) is 6.32. The molecule has 0 unspecified atom stereocenters. The monoisotopic (exact) mass is 538 g/mol. The van der Waals surface area contributed by atoms with Gasteiger partial charge in [-0.1, -0.05) is 151 Å². The van der Waals surface area contributed by atoms with E-state index in [1.165, 1.54) is 21.6 Å². The van der Waals surface area contributed by atoms with Crippen LogP contribution >= 0.6 is 11.6 Å². The van der Waals surface area contributed by atoms with Crippen LogP contribution in [0.5, 0.6) is 0 Å². The summed E-state index contributed by atoms with van der Waals surface area (Å²) in [6.45, 7) is 0. The topological polar surface area (TPSA) is 0 Å². The Morgan fingerprint density at radius 1 is 0.385 bits per heavy atom. The van der Waals surface area contributed by atoms with Gasteiger partial charge in [-0.2, -0.15) is 0 Å². The summed E-state index contributed by atoms with van der Waals surface area (Å²) in [6.07, 6.45) is 0. The highest BCUT2D eigenvalue weighted by atomic mass is 35.5. The standard InChI is InChI=1S/C36H24ClFSi/c37-36-31(38)20-10-24-35(36)39(32-21-7-14-25-11-1-4-17-28(25)32,33-22-8-15-26-12-2-5-18-29(26)33)34-23-9-16-27-13-3-6-19-30(27)34/h1-24H. The Labute approximate surface area is 232 Å². The van der Waals surface area contributed by atoms with Crippen LogP contribution < -0.4 is 20.7 Å². The Kier molecular flexibility index (Phi) is 5.81. The van der Waals surface area contributed by atoms with Crippen molar-refractivity contribution in [3.8, 4) is 0 Å². The van der Waals surface area contributed by atoms with E-state index in [9.17, 15) is 0 Å². The molecule has 39 heavy (non-hydrogen) atoms. The fourth-order valence-corrected chi connectivity index (χ4v) is 12.3. The lowest BCUT2D eigenvalue weighted by Gasteiger charge is -2.37. The summed E-state index contributed by atoms with van der Waals surface area (Å²) < 4.78 is 15.5. The summed E-state index contributed by atoms with van der Waals surface area (Å²) in [5.74, 6) is -0.397. The predicted molar refractivity (Wildman–Crippen MR) is 168 cm³/mol. The molecule has 0 fully saturated rings. The zero-order chi connectivity index (χ0) is 26.4. The summed E-state index contributed by atoms with van der Waals surface area (Å²) in [5, 5.41) is 11.6. The van der Waals surface area contributed by atoms with Crippen molar-refractivity contribution in [1.29, 1.82) is 0 Å². The Bertz CT molecular complexity index is 1810. The number of halogens is 2. The largest absolute Gasteiger partial charge is 0.205 e. The molecule has 7 aromatic rings. The van der Waals surface area contributed by atoms with Crippen molar-refractivity contribution in [3.63, 3.8) is 0 Å². The van der Waals surface area contributed by atoms with E-state index in [0.717, 1.165) is 37.5 Å². The van der Waals surface area contributed by atoms with E-state index in [1.54, 1.807) is 6.07 Å². The molecular formula is C36H24ClFSi. The smallest absolute Gasteiger partial charge is 0.183 e. The minimum absolute atomic E-state index is 0.193. The minimum atomic E-state index is -3.24. The average Bonchev–Trinajstić information content (AvgIpc) is 2.99. The number of fused-ring (bicyclic) bond motifs is 3. The SMILES string of the molecule is Fc1cccc([Si](c2cccc3ccccc23)(c2cccc3ccccc23)c2cccc3ccccc23)c1Cl. The molecule has 0 radical (unpaired) electrons. The van der Waals surface area contributed by atoms with Crippen LogP contribution in [0.2, 0.25) is 5.02 Å². The molecule has 186 valence electrons. The summed E-state index contributed by atoms with van der Waals surface area (Å²) >= 11 is 7.04. The third-order valence-corrected chi connectivity index (χ3v) is 13.4. The molecule has 3 heteroatoms. The molecule has 0 bridgehead atoms. The molecule has 0 aromatic heterocycles. The molecule has 0 saturated carbocycles. The van der Waals surface area contributed by atoms with Crippen LogP contribution in [0.4, 0.5) is 4.39 Å². The zero-order valence-corrected chi connectivity index (χ0v) is 22.9. The van der Waals surface area contributed by atoms with Crippen LogP contribution in [0.15, 0.2) is 146 Å². The van der Waals surface area contributed by atoms with Crippen molar-refractivity contribution in [2.45, 2.75) is 0 Å². The van der Waals surface area contributed by atoms with E-state index in [4.69, 9.17) is 11.6 Å². The molecular weight excluding hydrogens is 515 g/mol. The highest BCUT2D eigenvalue weighted by Crippen LogP contribution is 2.26. The Morgan fingerprint density at radius 2 is 0.718 bits per heavy atom. The van der Waals surface area contributed by atoms with Crippen LogP contribution in [0.3, 0.4) is 0 Å². The first-order valence-electron chi connectivity index (χ1n) is 13.1. The van der Waals surface area contributed by atoms with Gasteiger partial charge in [-0.3, -0.25) is 0 Å². The molecule has 0 N–H and O–H groups in total. The first-order valence-corrected chi connectivity index (χ1v) is 15.5. The van der Waals surface area contributed by atoms with Crippen molar-refractivity contribution in [3.05, 3.63) is 156 Å². The lowest BCUT2D eigenvalue weighted by atomic mass is 10.1. The average molecular weight is 539 g/mol. The van der Waals surface area contributed by atoms with Gasteiger partial charge in [-0.15, -0.1) is 0 Å². The van der Waals surface area contributed by atoms with Crippen LogP contribution in [0, 0.1) is 5.82 Å². The van der Waals surface area contributed by atoms with E-state index in [-0.39, 0.29) is 5.02 Å². The van der Waals surface area contributed by atoms with E-state index in [1.807, 2.05) is 6.07 Å². The van der Waals surface area contributed by atoms with Gasteiger partial charge in [0, 0.05) is 0 Å². The van der Waals surface area contributed by atoms with Gasteiger partial charge in [-0.25, -0.2) is 4.39 Å². The van der Waals surface area contributed by atoms with Gasteiger partial charge in [0.2, 0.25) is 0 Å². The van der Waals surface area contributed by atoms with Gasteiger partial charge >= 0.3 is 0 Å². The maximum atomic E-state index is 15.5. The normalized spacial score (nSPS) is 11.8. The van der Waals surface area contributed by atoms with Gasteiger partial charge in [0.15, 0.2) is 8.07 Å². The summed E-state index contributed by atoms with van der Waals surface area (Å²) in [5.41, 5.74) is 0. The van der Waals surface area contributed by atoms with Crippen LogP contribution in [0.1, 0.15) is 0 Å². The second-order valence-electron chi connectivity index (χ2n) is 9.93. The molecule has 0 heterocycles. The number of hydrogen-bond donors (Lipinski definition) is 0. The van der Waals surface area contributed by atoms with E-state index in [2.05, 4.69) is 127 Å². The summed E-state index contributed by atoms with van der Waals surface area (Å²) in [7, 11) is -3.24. The first-order chi connectivity index (χ1) is 19.2. The molecule has 7 aromatic carbocycles. The Balaban J connectivity index is 1.81. The number of rotatable bonds is 4. The van der Waals surface area contributed by atoms with Gasteiger partial charge in [0.1, 0.15) is 5.82 Å². The maximum absolute atomic E-state index is 15.5. The number of benzene rings is 7. The Hall–Kier alpha value is -4.24. The highest BCUT2D eigenvalue weighted by molar-refractivity contribution is 7.23. The Morgan fingerprint density at radius 3 is 1.15 bits per heavy atom. The second kappa shape index (κ2) is 9.50. The lowest BCUT2D eigenvalue weighted by Crippen LogP contribution is -2.75. The molecule has 7 rings (SSSR count). The minimum Gasteiger partial charge on any atom is -0.205 e.